The van der Waals surface area contributed by atoms with Gasteiger partial charge in [-0.15, -0.1) is 0 Å². The van der Waals surface area contributed by atoms with Crippen LogP contribution in [-0.2, 0) is 0 Å². The summed E-state index contributed by atoms with van der Waals surface area (Å²) in [7, 11) is 0. The van der Waals surface area contributed by atoms with Crippen LogP contribution >= 0.6 is 27.5 Å². The molecule has 118 valence electrons. The summed E-state index contributed by atoms with van der Waals surface area (Å²) in [6.07, 6.45) is 3.60. The molecule has 21 heavy (non-hydrogen) atoms. The van der Waals surface area contributed by atoms with Gasteiger partial charge in [-0.2, -0.15) is 0 Å². The van der Waals surface area contributed by atoms with E-state index in [2.05, 4.69) is 52.1 Å². The van der Waals surface area contributed by atoms with Crippen molar-refractivity contribution in [3.8, 4) is 0 Å². The quantitative estimate of drug-likeness (QED) is 0.733. The van der Waals surface area contributed by atoms with Gasteiger partial charge in [0.1, 0.15) is 0 Å². The molecule has 1 fully saturated rings. The number of likely N-dealkylation sites (tertiary alicyclic amines) is 1. The normalized spacial score (nSPS) is 20.9. The lowest BCUT2D eigenvalue weighted by molar-refractivity contribution is 0.302. The fraction of sp³-hybridized carbons (Fsp3) is 0.647. The molecule has 4 heteroatoms. The van der Waals surface area contributed by atoms with Crippen LogP contribution in [0.5, 0.6) is 0 Å². The standard InChI is InChI=1S/C17H26BrClN2/c1-3-8-20-17(7-10-21-9-6-13(2)12-21)15-5-4-14(18)11-16(15)19/h4-5,11,13,17,20H,3,6-10,12H2,1-2H3. The van der Waals surface area contributed by atoms with E-state index in [9.17, 15) is 0 Å². The van der Waals surface area contributed by atoms with E-state index in [1.54, 1.807) is 0 Å². The van der Waals surface area contributed by atoms with Gasteiger partial charge >= 0.3 is 0 Å². The van der Waals surface area contributed by atoms with Crippen LogP contribution in [0.1, 0.15) is 44.7 Å². The molecule has 1 aliphatic rings. The van der Waals surface area contributed by atoms with Crippen molar-refractivity contribution >= 4 is 27.5 Å². The van der Waals surface area contributed by atoms with Crippen molar-refractivity contribution in [1.82, 2.24) is 10.2 Å². The maximum absolute atomic E-state index is 6.44. The summed E-state index contributed by atoms with van der Waals surface area (Å²) in [6.45, 7) is 9.23. The maximum atomic E-state index is 6.44. The lowest BCUT2D eigenvalue weighted by atomic mass is 10.0. The monoisotopic (exact) mass is 372 g/mol. The summed E-state index contributed by atoms with van der Waals surface area (Å²) in [6, 6.07) is 6.57. The Morgan fingerprint density at radius 3 is 2.90 bits per heavy atom. The van der Waals surface area contributed by atoms with E-state index in [0.29, 0.717) is 6.04 Å². The first-order chi connectivity index (χ1) is 10.1. The second-order valence-corrected chi connectivity index (χ2v) is 7.48. The Bertz CT molecular complexity index is 452. The van der Waals surface area contributed by atoms with Gasteiger partial charge in [0, 0.05) is 22.1 Å². The van der Waals surface area contributed by atoms with Gasteiger partial charge in [0.15, 0.2) is 0 Å². The Kier molecular flexibility index (Phi) is 7.00. The van der Waals surface area contributed by atoms with Crippen molar-refractivity contribution in [2.24, 2.45) is 5.92 Å². The molecule has 0 aliphatic carbocycles. The number of nitrogens with zero attached hydrogens (tertiary/aromatic N) is 1. The first-order valence-corrected chi connectivity index (χ1v) is 9.18. The minimum absolute atomic E-state index is 0.349. The zero-order valence-electron chi connectivity index (χ0n) is 13.0. The molecule has 1 N–H and O–H groups in total. The lowest BCUT2D eigenvalue weighted by Gasteiger charge is -2.23. The molecule has 0 bridgehead atoms. The third-order valence-corrected chi connectivity index (χ3v) is 5.04. The summed E-state index contributed by atoms with van der Waals surface area (Å²) in [5.74, 6) is 0.850. The highest BCUT2D eigenvalue weighted by molar-refractivity contribution is 9.10. The number of nitrogens with one attached hydrogen (secondary N) is 1. The highest BCUT2D eigenvalue weighted by atomic mass is 79.9. The summed E-state index contributed by atoms with van der Waals surface area (Å²) < 4.78 is 1.04. The molecule has 0 saturated carbocycles. The van der Waals surface area contributed by atoms with E-state index in [1.807, 2.05) is 6.07 Å². The molecule has 1 heterocycles. The molecule has 0 spiro atoms. The molecular formula is C17H26BrClN2. The Hall–Kier alpha value is -0.0900. The van der Waals surface area contributed by atoms with E-state index < -0.39 is 0 Å². The van der Waals surface area contributed by atoms with Crippen molar-refractivity contribution in [3.63, 3.8) is 0 Å². The van der Waals surface area contributed by atoms with Crippen LogP contribution in [0, 0.1) is 5.92 Å². The van der Waals surface area contributed by atoms with E-state index in [-0.39, 0.29) is 0 Å². The number of benzene rings is 1. The molecule has 2 nitrogen and oxygen atoms in total. The minimum atomic E-state index is 0.349. The first-order valence-electron chi connectivity index (χ1n) is 8.00. The number of hydrogen-bond acceptors (Lipinski definition) is 2. The average molecular weight is 374 g/mol. The van der Waals surface area contributed by atoms with Crippen LogP contribution < -0.4 is 5.32 Å². The van der Waals surface area contributed by atoms with E-state index in [4.69, 9.17) is 11.6 Å². The van der Waals surface area contributed by atoms with Crippen LogP contribution in [0.3, 0.4) is 0 Å². The van der Waals surface area contributed by atoms with Gasteiger partial charge in [0.2, 0.25) is 0 Å². The summed E-state index contributed by atoms with van der Waals surface area (Å²) >= 11 is 9.92. The fourth-order valence-corrected chi connectivity index (χ4v) is 3.82. The maximum Gasteiger partial charge on any atom is 0.0465 e. The first kappa shape index (κ1) is 17.3. The molecule has 2 rings (SSSR count). The number of rotatable bonds is 7. The predicted octanol–water partition coefficient (Wildman–Crippen LogP) is 4.88. The Morgan fingerprint density at radius 1 is 1.48 bits per heavy atom. The largest absolute Gasteiger partial charge is 0.310 e. The predicted molar refractivity (Wildman–Crippen MR) is 95.0 cm³/mol. The van der Waals surface area contributed by atoms with Crippen LogP contribution in [0.4, 0.5) is 0 Å². The molecule has 2 atom stereocenters. The molecule has 0 aromatic heterocycles. The molecule has 1 aliphatic heterocycles. The van der Waals surface area contributed by atoms with Gasteiger partial charge in [0.25, 0.3) is 0 Å². The van der Waals surface area contributed by atoms with Crippen molar-refractivity contribution in [1.29, 1.82) is 0 Å². The molecule has 1 aromatic carbocycles. The Labute approximate surface area is 142 Å². The van der Waals surface area contributed by atoms with Crippen LogP contribution in [-0.4, -0.2) is 31.1 Å². The fourth-order valence-electron chi connectivity index (χ4n) is 3.01. The molecular weight excluding hydrogens is 348 g/mol. The van der Waals surface area contributed by atoms with E-state index in [1.165, 1.54) is 25.1 Å². The average Bonchev–Trinajstić information content (AvgIpc) is 2.86. The molecule has 0 radical (unpaired) electrons. The number of halogens is 2. The van der Waals surface area contributed by atoms with Gasteiger partial charge in [-0.1, -0.05) is 47.4 Å². The summed E-state index contributed by atoms with van der Waals surface area (Å²) in [4.78, 5) is 2.58. The smallest absolute Gasteiger partial charge is 0.0465 e. The molecule has 1 aromatic rings. The zero-order chi connectivity index (χ0) is 15.2. The zero-order valence-corrected chi connectivity index (χ0v) is 15.4. The van der Waals surface area contributed by atoms with Crippen LogP contribution in [0.25, 0.3) is 0 Å². The van der Waals surface area contributed by atoms with Crippen molar-refractivity contribution in [2.75, 3.05) is 26.2 Å². The minimum Gasteiger partial charge on any atom is -0.310 e. The summed E-state index contributed by atoms with van der Waals surface area (Å²) in [5, 5.41) is 4.51. The lowest BCUT2D eigenvalue weighted by Crippen LogP contribution is -2.29. The van der Waals surface area contributed by atoms with Gasteiger partial charge in [-0.3, -0.25) is 0 Å². The highest BCUT2D eigenvalue weighted by Gasteiger charge is 2.21. The second kappa shape index (κ2) is 8.52. The van der Waals surface area contributed by atoms with Gasteiger partial charge in [-0.05, 0) is 62.5 Å². The molecule has 0 amide bonds. The van der Waals surface area contributed by atoms with Gasteiger partial charge < -0.3 is 10.2 Å². The van der Waals surface area contributed by atoms with E-state index in [0.717, 1.165) is 41.3 Å². The second-order valence-electron chi connectivity index (χ2n) is 6.16. The topological polar surface area (TPSA) is 15.3 Å². The van der Waals surface area contributed by atoms with Crippen LogP contribution in [0.2, 0.25) is 5.02 Å². The molecule has 1 saturated heterocycles. The van der Waals surface area contributed by atoms with Gasteiger partial charge in [0.05, 0.1) is 0 Å². The van der Waals surface area contributed by atoms with Gasteiger partial charge in [-0.25, -0.2) is 0 Å². The van der Waals surface area contributed by atoms with Crippen molar-refractivity contribution < 1.29 is 0 Å². The third kappa shape index (κ3) is 5.24. The highest BCUT2D eigenvalue weighted by Crippen LogP contribution is 2.29. The SMILES string of the molecule is CCCNC(CCN1CCC(C)C1)c1ccc(Br)cc1Cl. The van der Waals surface area contributed by atoms with E-state index >= 15 is 0 Å². The van der Waals surface area contributed by atoms with Crippen LogP contribution in [0.15, 0.2) is 22.7 Å². The Balaban J connectivity index is 1.99. The summed E-state index contributed by atoms with van der Waals surface area (Å²) in [5.41, 5.74) is 1.22. The van der Waals surface area contributed by atoms with Crippen molar-refractivity contribution in [3.05, 3.63) is 33.3 Å². The number of hydrogen-bond donors (Lipinski definition) is 1. The third-order valence-electron chi connectivity index (χ3n) is 4.22. The molecule has 2 unspecified atom stereocenters. The Morgan fingerprint density at radius 2 is 2.29 bits per heavy atom. The van der Waals surface area contributed by atoms with Crippen molar-refractivity contribution in [2.45, 2.75) is 39.2 Å².